The van der Waals surface area contributed by atoms with E-state index in [1.807, 2.05) is 0 Å². The van der Waals surface area contributed by atoms with E-state index in [1.54, 1.807) is 31.3 Å². The van der Waals surface area contributed by atoms with Crippen molar-refractivity contribution >= 4 is 5.91 Å². The Hall–Kier alpha value is -3.23. The molecule has 1 amide bonds. The van der Waals surface area contributed by atoms with Gasteiger partial charge in [0.25, 0.3) is 0 Å². The highest BCUT2D eigenvalue weighted by Crippen LogP contribution is 2.30. The second-order valence-corrected chi connectivity index (χ2v) is 6.14. The highest BCUT2D eigenvalue weighted by molar-refractivity contribution is 5.76. The fourth-order valence-corrected chi connectivity index (χ4v) is 2.56. The van der Waals surface area contributed by atoms with E-state index in [1.165, 1.54) is 12.1 Å². The zero-order valence-electron chi connectivity index (χ0n) is 14.9. The Kier molecular flexibility index (Phi) is 5.72. The monoisotopic (exact) mass is 390 g/mol. The zero-order chi connectivity index (χ0) is 20.1. The molecule has 0 fully saturated rings. The van der Waals surface area contributed by atoms with Gasteiger partial charge in [-0.3, -0.25) is 9.78 Å². The summed E-state index contributed by atoms with van der Waals surface area (Å²) in [5, 5.41) is 6.49. The molecule has 0 aliphatic heterocycles. The van der Waals surface area contributed by atoms with Crippen LogP contribution in [0.3, 0.4) is 0 Å². The van der Waals surface area contributed by atoms with Gasteiger partial charge in [0.15, 0.2) is 0 Å². The number of hydrogen-bond donors (Lipinski definition) is 1. The maximum absolute atomic E-state index is 12.8. The number of amides is 1. The van der Waals surface area contributed by atoms with Gasteiger partial charge in [-0.05, 0) is 36.8 Å². The Bertz CT molecular complexity index is 942. The molecular formula is C19H17F3N4O2. The maximum Gasteiger partial charge on any atom is 0.416 e. The van der Waals surface area contributed by atoms with E-state index >= 15 is 0 Å². The molecule has 2 aromatic heterocycles. The number of aryl methyl sites for hydroxylation is 1. The van der Waals surface area contributed by atoms with Crippen LogP contribution in [-0.4, -0.2) is 21.0 Å². The summed E-state index contributed by atoms with van der Waals surface area (Å²) in [6.45, 7) is 1.62. The van der Waals surface area contributed by atoms with Crippen LogP contribution in [0.25, 0.3) is 11.5 Å². The first-order valence-electron chi connectivity index (χ1n) is 8.53. The molecule has 0 saturated heterocycles. The topological polar surface area (TPSA) is 80.9 Å². The third kappa shape index (κ3) is 4.93. The molecule has 1 atom stereocenters. The number of carbonyl (C=O) groups excluding carboxylic acids is 1. The first kappa shape index (κ1) is 19.5. The number of aromatic nitrogens is 3. The summed E-state index contributed by atoms with van der Waals surface area (Å²) in [6, 6.07) is 9.60. The Balaban J connectivity index is 1.55. The molecule has 3 aromatic rings. The molecule has 6 nitrogen and oxygen atoms in total. The highest BCUT2D eigenvalue weighted by atomic mass is 19.4. The van der Waals surface area contributed by atoms with E-state index in [4.69, 9.17) is 4.52 Å². The van der Waals surface area contributed by atoms with Crippen LogP contribution < -0.4 is 5.32 Å². The van der Waals surface area contributed by atoms with Gasteiger partial charge in [0, 0.05) is 19.0 Å². The summed E-state index contributed by atoms with van der Waals surface area (Å²) in [5.41, 5.74) is 0.178. The van der Waals surface area contributed by atoms with Gasteiger partial charge in [0.05, 0.1) is 11.6 Å². The standard InChI is InChI=1S/C19H17F3N4O2/c1-12(13-5-4-6-14(11-13)19(20,21)22)24-16(27)8-9-17-25-18(26-28-17)15-7-2-3-10-23-15/h2-7,10-12H,8-9H2,1H3,(H,24,27). The van der Waals surface area contributed by atoms with Crippen LogP contribution in [0.1, 0.15) is 36.4 Å². The third-order valence-electron chi connectivity index (χ3n) is 4.02. The van der Waals surface area contributed by atoms with Crippen LogP contribution >= 0.6 is 0 Å². The molecule has 1 N–H and O–H groups in total. The lowest BCUT2D eigenvalue weighted by atomic mass is 10.0. The number of carbonyl (C=O) groups is 1. The molecule has 28 heavy (non-hydrogen) atoms. The fourth-order valence-electron chi connectivity index (χ4n) is 2.56. The zero-order valence-corrected chi connectivity index (χ0v) is 14.9. The van der Waals surface area contributed by atoms with Crippen molar-refractivity contribution in [2.75, 3.05) is 0 Å². The second kappa shape index (κ2) is 8.20. The van der Waals surface area contributed by atoms with Crippen molar-refractivity contribution < 1.29 is 22.5 Å². The Morgan fingerprint density at radius 2 is 2.04 bits per heavy atom. The molecule has 0 aliphatic carbocycles. The van der Waals surface area contributed by atoms with E-state index in [2.05, 4.69) is 20.4 Å². The molecule has 0 spiro atoms. The van der Waals surface area contributed by atoms with Gasteiger partial charge in [-0.2, -0.15) is 18.2 Å². The van der Waals surface area contributed by atoms with Crippen LogP contribution in [0, 0.1) is 0 Å². The van der Waals surface area contributed by atoms with Gasteiger partial charge in [-0.25, -0.2) is 0 Å². The SMILES string of the molecule is CC(NC(=O)CCc1nc(-c2ccccn2)no1)c1cccc(C(F)(F)F)c1. The summed E-state index contributed by atoms with van der Waals surface area (Å²) in [4.78, 5) is 20.4. The number of rotatable bonds is 6. The van der Waals surface area contributed by atoms with Gasteiger partial charge in [0.2, 0.25) is 17.6 Å². The number of alkyl halides is 3. The Morgan fingerprint density at radius 1 is 1.21 bits per heavy atom. The van der Waals surface area contributed by atoms with Crippen LogP contribution in [0.5, 0.6) is 0 Å². The third-order valence-corrected chi connectivity index (χ3v) is 4.02. The molecule has 0 saturated carbocycles. The van der Waals surface area contributed by atoms with Gasteiger partial charge in [-0.1, -0.05) is 23.4 Å². The van der Waals surface area contributed by atoms with Crippen molar-refractivity contribution in [3.63, 3.8) is 0 Å². The minimum absolute atomic E-state index is 0.0627. The Morgan fingerprint density at radius 3 is 2.75 bits per heavy atom. The molecule has 1 aromatic carbocycles. The van der Waals surface area contributed by atoms with Crippen molar-refractivity contribution in [3.05, 3.63) is 65.7 Å². The van der Waals surface area contributed by atoms with Gasteiger partial charge in [-0.15, -0.1) is 0 Å². The summed E-state index contributed by atoms with van der Waals surface area (Å²) < 4.78 is 43.5. The second-order valence-electron chi connectivity index (χ2n) is 6.14. The van der Waals surface area contributed by atoms with Crippen LogP contribution in [0.4, 0.5) is 13.2 Å². The summed E-state index contributed by atoms with van der Waals surface area (Å²) >= 11 is 0. The smallest absolute Gasteiger partial charge is 0.350 e. The summed E-state index contributed by atoms with van der Waals surface area (Å²) in [5.74, 6) is 0.276. The largest absolute Gasteiger partial charge is 0.416 e. The Labute approximate surface area is 158 Å². The minimum atomic E-state index is -4.43. The molecular weight excluding hydrogens is 373 g/mol. The quantitative estimate of drug-likeness (QED) is 0.689. The number of halogens is 3. The fraction of sp³-hybridized carbons (Fsp3) is 0.263. The van der Waals surface area contributed by atoms with E-state index in [-0.39, 0.29) is 24.6 Å². The summed E-state index contributed by atoms with van der Waals surface area (Å²) in [7, 11) is 0. The van der Waals surface area contributed by atoms with Gasteiger partial charge < -0.3 is 9.84 Å². The van der Waals surface area contributed by atoms with E-state index in [9.17, 15) is 18.0 Å². The molecule has 2 heterocycles. The van der Waals surface area contributed by atoms with Gasteiger partial charge >= 0.3 is 6.18 Å². The lowest BCUT2D eigenvalue weighted by Crippen LogP contribution is -2.27. The first-order chi connectivity index (χ1) is 13.3. The number of benzene rings is 1. The first-order valence-corrected chi connectivity index (χ1v) is 8.53. The predicted molar refractivity (Wildman–Crippen MR) is 93.9 cm³/mol. The van der Waals surface area contributed by atoms with Crippen molar-refractivity contribution in [2.24, 2.45) is 0 Å². The van der Waals surface area contributed by atoms with E-state index < -0.39 is 17.8 Å². The molecule has 1 unspecified atom stereocenters. The number of hydrogen-bond acceptors (Lipinski definition) is 5. The van der Waals surface area contributed by atoms with Crippen molar-refractivity contribution in [1.82, 2.24) is 20.4 Å². The highest BCUT2D eigenvalue weighted by Gasteiger charge is 2.30. The maximum atomic E-state index is 12.8. The van der Waals surface area contributed by atoms with Crippen LogP contribution in [0.2, 0.25) is 0 Å². The van der Waals surface area contributed by atoms with Crippen LogP contribution in [-0.2, 0) is 17.4 Å². The van der Waals surface area contributed by atoms with Crippen LogP contribution in [0.15, 0.2) is 53.2 Å². The molecule has 146 valence electrons. The lowest BCUT2D eigenvalue weighted by molar-refractivity contribution is -0.137. The molecule has 3 rings (SSSR count). The summed E-state index contributed by atoms with van der Waals surface area (Å²) in [6.07, 6.45) is -2.55. The number of nitrogens with zero attached hydrogens (tertiary/aromatic N) is 3. The van der Waals surface area contributed by atoms with Crippen molar-refractivity contribution in [3.8, 4) is 11.5 Å². The molecule has 0 aliphatic rings. The van der Waals surface area contributed by atoms with Crippen molar-refractivity contribution in [1.29, 1.82) is 0 Å². The normalized spacial score (nSPS) is 12.6. The minimum Gasteiger partial charge on any atom is -0.350 e. The average Bonchev–Trinajstić information content (AvgIpc) is 3.15. The molecule has 0 bridgehead atoms. The van der Waals surface area contributed by atoms with E-state index in [0.29, 0.717) is 17.1 Å². The number of pyridine rings is 1. The van der Waals surface area contributed by atoms with E-state index in [0.717, 1.165) is 12.1 Å². The number of nitrogens with one attached hydrogen (secondary N) is 1. The predicted octanol–water partition coefficient (Wildman–Crippen LogP) is 3.96. The average molecular weight is 390 g/mol. The molecule has 9 heteroatoms. The van der Waals surface area contributed by atoms with Gasteiger partial charge in [0.1, 0.15) is 5.69 Å². The molecule has 0 radical (unpaired) electrons. The lowest BCUT2D eigenvalue weighted by Gasteiger charge is -2.16. The van der Waals surface area contributed by atoms with Crippen molar-refractivity contribution in [2.45, 2.75) is 32.0 Å².